The number of aromatic nitrogens is 2. The Balaban J connectivity index is 2.03. The number of hydrogen-bond acceptors (Lipinski definition) is 5. The molecule has 128 valence electrons. The molecule has 0 spiro atoms. The van der Waals surface area contributed by atoms with Gasteiger partial charge < -0.3 is 14.5 Å². The zero-order valence-corrected chi connectivity index (χ0v) is 14.1. The van der Waals surface area contributed by atoms with E-state index >= 15 is 0 Å². The van der Waals surface area contributed by atoms with Crippen molar-refractivity contribution >= 4 is 23.0 Å². The minimum absolute atomic E-state index is 0.0930. The minimum Gasteiger partial charge on any atom is -0.481 e. The van der Waals surface area contributed by atoms with Crippen LogP contribution in [0.5, 0.6) is 0 Å². The van der Waals surface area contributed by atoms with Gasteiger partial charge in [-0.3, -0.25) is 9.59 Å². The van der Waals surface area contributed by atoms with Gasteiger partial charge in [-0.2, -0.15) is 0 Å². The molecule has 3 rings (SSSR count). The fraction of sp³-hybridized carbons (Fsp3) is 0.529. The Hall–Kier alpha value is -2.44. The van der Waals surface area contributed by atoms with Crippen LogP contribution in [0, 0.1) is 12.8 Å². The van der Waals surface area contributed by atoms with Gasteiger partial charge in [0.15, 0.2) is 0 Å². The Morgan fingerprint density at radius 1 is 1.42 bits per heavy atom. The summed E-state index contributed by atoms with van der Waals surface area (Å²) in [5.74, 6) is -1.44. The van der Waals surface area contributed by atoms with Gasteiger partial charge >= 0.3 is 5.97 Å². The molecule has 1 aliphatic heterocycles. The largest absolute Gasteiger partial charge is 0.481 e. The van der Waals surface area contributed by atoms with Crippen LogP contribution < -0.4 is 0 Å². The average molecular weight is 331 g/mol. The molecule has 1 fully saturated rings. The molecule has 3 heterocycles. The number of fused-ring (bicyclic) bond motifs is 1. The first-order valence-corrected chi connectivity index (χ1v) is 8.17. The van der Waals surface area contributed by atoms with E-state index in [1.807, 2.05) is 13.8 Å². The first kappa shape index (κ1) is 16.4. The number of hydrogen-bond donors (Lipinski definition) is 1. The molecule has 2 aromatic rings. The number of carboxylic acids is 1. The number of nitrogens with zero attached hydrogens (tertiary/aromatic N) is 3. The van der Waals surface area contributed by atoms with Crippen LogP contribution in [-0.4, -0.2) is 45.1 Å². The molecule has 0 bridgehead atoms. The maximum Gasteiger partial charge on any atom is 0.308 e. The van der Waals surface area contributed by atoms with Crippen LogP contribution in [-0.2, 0) is 4.79 Å². The van der Waals surface area contributed by atoms with Crippen molar-refractivity contribution in [1.29, 1.82) is 0 Å². The van der Waals surface area contributed by atoms with Crippen molar-refractivity contribution in [3.8, 4) is 0 Å². The quantitative estimate of drug-likeness (QED) is 0.928. The molecular formula is C17H21N3O4. The van der Waals surface area contributed by atoms with Crippen LogP contribution in [0.25, 0.3) is 11.1 Å². The molecule has 2 aromatic heterocycles. The lowest BCUT2D eigenvalue weighted by Crippen LogP contribution is -2.42. The van der Waals surface area contributed by atoms with Gasteiger partial charge in [0.25, 0.3) is 11.6 Å². The third kappa shape index (κ3) is 2.86. The maximum absolute atomic E-state index is 13.0. The van der Waals surface area contributed by atoms with Gasteiger partial charge in [0.05, 0.1) is 22.6 Å². The van der Waals surface area contributed by atoms with E-state index in [0.29, 0.717) is 47.4 Å². The molecule has 1 saturated heterocycles. The average Bonchev–Trinajstić information content (AvgIpc) is 2.97. The van der Waals surface area contributed by atoms with Crippen LogP contribution in [0.2, 0.25) is 0 Å². The molecule has 1 amide bonds. The summed E-state index contributed by atoms with van der Waals surface area (Å²) >= 11 is 0. The maximum atomic E-state index is 13.0. The van der Waals surface area contributed by atoms with Crippen molar-refractivity contribution in [1.82, 2.24) is 15.0 Å². The Kier molecular flexibility index (Phi) is 4.26. The van der Waals surface area contributed by atoms with E-state index in [1.54, 1.807) is 17.9 Å². The molecule has 24 heavy (non-hydrogen) atoms. The van der Waals surface area contributed by atoms with E-state index in [4.69, 9.17) is 4.52 Å². The Morgan fingerprint density at radius 3 is 2.83 bits per heavy atom. The van der Waals surface area contributed by atoms with Gasteiger partial charge in [-0.1, -0.05) is 19.0 Å². The highest BCUT2D eigenvalue weighted by atomic mass is 16.5. The number of aryl methyl sites for hydroxylation is 1. The SMILES string of the molecule is Cc1cc(C(=O)N2CCCC(C(=O)O)C2)c2c(C(C)C)noc2n1. The highest BCUT2D eigenvalue weighted by Crippen LogP contribution is 2.29. The summed E-state index contributed by atoms with van der Waals surface area (Å²) in [6.45, 7) is 6.55. The Morgan fingerprint density at radius 2 is 2.17 bits per heavy atom. The topological polar surface area (TPSA) is 96.5 Å². The third-order valence-corrected chi connectivity index (χ3v) is 4.44. The highest BCUT2D eigenvalue weighted by molar-refractivity contribution is 6.06. The number of piperidine rings is 1. The van der Waals surface area contributed by atoms with Crippen LogP contribution in [0.1, 0.15) is 54.4 Å². The first-order chi connectivity index (χ1) is 11.4. The highest BCUT2D eigenvalue weighted by Gasteiger charge is 2.31. The van der Waals surface area contributed by atoms with Crippen molar-refractivity contribution in [3.63, 3.8) is 0 Å². The lowest BCUT2D eigenvalue weighted by molar-refractivity contribution is -0.143. The van der Waals surface area contributed by atoms with Gasteiger partial charge in [-0.15, -0.1) is 0 Å². The fourth-order valence-electron chi connectivity index (χ4n) is 3.19. The summed E-state index contributed by atoms with van der Waals surface area (Å²) in [6.07, 6.45) is 1.30. The van der Waals surface area contributed by atoms with Gasteiger partial charge in [0.2, 0.25) is 0 Å². The van der Waals surface area contributed by atoms with Gasteiger partial charge in [0.1, 0.15) is 0 Å². The minimum atomic E-state index is -0.851. The zero-order chi connectivity index (χ0) is 17.4. The van der Waals surface area contributed by atoms with E-state index in [2.05, 4.69) is 10.1 Å². The molecule has 0 saturated carbocycles. The van der Waals surface area contributed by atoms with E-state index in [1.165, 1.54) is 0 Å². The standard InChI is InChI=1S/C17H21N3O4/c1-9(2)14-13-12(7-10(3)18-15(13)24-19-14)16(21)20-6-4-5-11(8-20)17(22)23/h7,9,11H,4-6,8H2,1-3H3,(H,22,23). The fourth-order valence-corrected chi connectivity index (χ4v) is 3.19. The van der Waals surface area contributed by atoms with Crippen molar-refractivity contribution in [2.24, 2.45) is 5.92 Å². The monoisotopic (exact) mass is 331 g/mol. The van der Waals surface area contributed by atoms with Crippen molar-refractivity contribution in [2.75, 3.05) is 13.1 Å². The van der Waals surface area contributed by atoms with Gasteiger partial charge in [0, 0.05) is 18.8 Å². The summed E-state index contributed by atoms with van der Waals surface area (Å²) in [6, 6.07) is 1.73. The number of carbonyl (C=O) groups excluding carboxylic acids is 1. The smallest absolute Gasteiger partial charge is 0.308 e. The normalized spacial score (nSPS) is 18.3. The molecule has 0 aromatic carbocycles. The van der Waals surface area contributed by atoms with E-state index in [0.717, 1.165) is 0 Å². The molecule has 7 nitrogen and oxygen atoms in total. The number of aliphatic carboxylic acids is 1. The van der Waals surface area contributed by atoms with Crippen molar-refractivity contribution in [2.45, 2.75) is 39.5 Å². The number of carboxylic acid groups (broad SMARTS) is 1. The van der Waals surface area contributed by atoms with Gasteiger partial charge in [-0.25, -0.2) is 4.98 Å². The molecule has 1 atom stereocenters. The molecule has 1 aliphatic rings. The van der Waals surface area contributed by atoms with Crippen molar-refractivity contribution < 1.29 is 19.2 Å². The predicted octanol–water partition coefficient (Wildman–Crippen LogP) is 2.59. The summed E-state index contributed by atoms with van der Waals surface area (Å²) in [5, 5.41) is 13.9. The predicted molar refractivity (Wildman–Crippen MR) is 86.9 cm³/mol. The number of pyridine rings is 1. The molecular weight excluding hydrogens is 310 g/mol. The number of rotatable bonds is 3. The summed E-state index contributed by atoms with van der Waals surface area (Å²) < 4.78 is 5.30. The molecule has 1 N–H and O–H groups in total. The Labute approximate surface area is 139 Å². The lowest BCUT2D eigenvalue weighted by Gasteiger charge is -2.31. The van der Waals surface area contributed by atoms with E-state index in [-0.39, 0.29) is 18.4 Å². The Bertz CT molecular complexity index is 796. The summed E-state index contributed by atoms with van der Waals surface area (Å²) in [7, 11) is 0. The second kappa shape index (κ2) is 6.22. The zero-order valence-electron chi connectivity index (χ0n) is 14.1. The van der Waals surface area contributed by atoms with Crippen molar-refractivity contribution in [3.05, 3.63) is 23.0 Å². The number of carbonyl (C=O) groups is 2. The van der Waals surface area contributed by atoms with Crippen LogP contribution >= 0.6 is 0 Å². The van der Waals surface area contributed by atoms with Crippen LogP contribution in [0.3, 0.4) is 0 Å². The second-order valence-corrected chi connectivity index (χ2v) is 6.64. The third-order valence-electron chi connectivity index (χ3n) is 4.44. The number of amides is 1. The van der Waals surface area contributed by atoms with E-state index in [9.17, 15) is 14.7 Å². The lowest BCUT2D eigenvalue weighted by atomic mass is 9.96. The molecule has 0 aliphatic carbocycles. The second-order valence-electron chi connectivity index (χ2n) is 6.64. The first-order valence-electron chi connectivity index (χ1n) is 8.17. The number of likely N-dealkylation sites (tertiary alicyclic amines) is 1. The van der Waals surface area contributed by atoms with E-state index < -0.39 is 11.9 Å². The summed E-state index contributed by atoms with van der Waals surface area (Å²) in [4.78, 5) is 30.2. The molecule has 1 unspecified atom stereocenters. The van der Waals surface area contributed by atoms with Crippen LogP contribution in [0.15, 0.2) is 10.6 Å². The molecule has 0 radical (unpaired) electrons. The van der Waals surface area contributed by atoms with Gasteiger partial charge in [-0.05, 0) is 31.7 Å². The molecule has 7 heteroatoms. The summed E-state index contributed by atoms with van der Waals surface area (Å²) in [5.41, 5.74) is 2.22. The van der Waals surface area contributed by atoms with Crippen LogP contribution in [0.4, 0.5) is 0 Å².